The van der Waals surface area contributed by atoms with Crippen molar-refractivity contribution in [2.45, 2.75) is 39.5 Å². The van der Waals surface area contributed by atoms with E-state index < -0.39 is 0 Å². The predicted molar refractivity (Wildman–Crippen MR) is 109 cm³/mol. The van der Waals surface area contributed by atoms with Crippen LogP contribution in [0.5, 0.6) is 0 Å². The van der Waals surface area contributed by atoms with Gasteiger partial charge >= 0.3 is 0 Å². The van der Waals surface area contributed by atoms with Crippen LogP contribution >= 0.6 is 0 Å². The Hall–Kier alpha value is -2.62. The summed E-state index contributed by atoms with van der Waals surface area (Å²) in [4.78, 5) is 26.9. The van der Waals surface area contributed by atoms with E-state index in [1.165, 1.54) is 11.1 Å². The van der Waals surface area contributed by atoms with Crippen molar-refractivity contribution < 1.29 is 9.59 Å². The van der Waals surface area contributed by atoms with Gasteiger partial charge in [-0.3, -0.25) is 9.59 Å². The maximum atomic E-state index is 12.5. The highest BCUT2D eigenvalue weighted by atomic mass is 16.2. The lowest BCUT2D eigenvalue weighted by atomic mass is 9.95. The summed E-state index contributed by atoms with van der Waals surface area (Å²) in [5.74, 6) is 0.179. The Balaban J connectivity index is 1.48. The van der Waals surface area contributed by atoms with Gasteiger partial charge in [0.15, 0.2) is 0 Å². The molecule has 1 aliphatic rings. The number of carbonyl (C=O) groups excluding carboxylic acids is 2. The van der Waals surface area contributed by atoms with Crippen LogP contribution < -0.4 is 5.32 Å². The third-order valence-electron chi connectivity index (χ3n) is 5.29. The summed E-state index contributed by atoms with van der Waals surface area (Å²) in [6.45, 7) is 5.45. The molecule has 0 radical (unpaired) electrons. The number of hydrogen-bond acceptors (Lipinski definition) is 2. The molecule has 2 aromatic rings. The zero-order valence-electron chi connectivity index (χ0n) is 16.2. The van der Waals surface area contributed by atoms with Gasteiger partial charge in [0, 0.05) is 24.7 Å². The lowest BCUT2D eigenvalue weighted by Gasteiger charge is -2.31. The molecule has 0 unspecified atom stereocenters. The van der Waals surface area contributed by atoms with Gasteiger partial charge < -0.3 is 10.2 Å². The Bertz CT molecular complexity index is 790. The number of benzene rings is 2. The van der Waals surface area contributed by atoms with Gasteiger partial charge in [0.1, 0.15) is 0 Å². The fourth-order valence-corrected chi connectivity index (χ4v) is 3.57. The first-order chi connectivity index (χ1) is 13.0. The van der Waals surface area contributed by atoms with Crippen molar-refractivity contribution in [2.75, 3.05) is 18.4 Å². The fourth-order valence-electron chi connectivity index (χ4n) is 3.57. The van der Waals surface area contributed by atoms with Crippen LogP contribution in [0.3, 0.4) is 0 Å². The number of carbonyl (C=O) groups is 2. The van der Waals surface area contributed by atoms with Crippen LogP contribution in [0.4, 0.5) is 5.69 Å². The van der Waals surface area contributed by atoms with Crippen molar-refractivity contribution in [1.29, 1.82) is 0 Å². The Kier molecular flexibility index (Phi) is 6.28. The normalized spacial score (nSPS) is 14.8. The second-order valence-electron chi connectivity index (χ2n) is 7.36. The molecule has 3 rings (SSSR count). The molecular formula is C23H28N2O2. The highest BCUT2D eigenvalue weighted by Gasteiger charge is 2.27. The van der Waals surface area contributed by atoms with E-state index >= 15 is 0 Å². The molecule has 1 heterocycles. The molecule has 0 saturated carbocycles. The number of hydrogen-bond donors (Lipinski definition) is 1. The number of rotatable bonds is 5. The van der Waals surface area contributed by atoms with E-state index in [4.69, 9.17) is 0 Å². The summed E-state index contributed by atoms with van der Waals surface area (Å²) in [5.41, 5.74) is 4.32. The molecule has 142 valence electrons. The third-order valence-corrected chi connectivity index (χ3v) is 5.29. The van der Waals surface area contributed by atoms with Gasteiger partial charge in [-0.25, -0.2) is 0 Å². The first-order valence-electron chi connectivity index (χ1n) is 9.78. The second kappa shape index (κ2) is 8.85. The van der Waals surface area contributed by atoms with Crippen molar-refractivity contribution in [2.24, 2.45) is 5.92 Å². The molecule has 0 atom stereocenters. The average Bonchev–Trinajstić information content (AvgIpc) is 2.68. The Morgan fingerprint density at radius 3 is 2.37 bits per heavy atom. The van der Waals surface area contributed by atoms with Gasteiger partial charge in [-0.15, -0.1) is 0 Å². The monoisotopic (exact) mass is 364 g/mol. The molecule has 0 aliphatic carbocycles. The molecule has 2 amide bonds. The lowest BCUT2D eigenvalue weighted by molar-refractivity contribution is -0.133. The molecule has 1 saturated heterocycles. The zero-order chi connectivity index (χ0) is 19.2. The Labute approximate surface area is 161 Å². The molecule has 27 heavy (non-hydrogen) atoms. The first kappa shape index (κ1) is 19.2. The van der Waals surface area contributed by atoms with Crippen molar-refractivity contribution in [3.05, 3.63) is 65.2 Å². The number of anilines is 1. The van der Waals surface area contributed by atoms with E-state index in [0.717, 1.165) is 30.5 Å². The number of nitrogens with one attached hydrogen (secondary N) is 1. The van der Waals surface area contributed by atoms with Crippen molar-refractivity contribution in [1.82, 2.24) is 4.90 Å². The van der Waals surface area contributed by atoms with Crippen LogP contribution in [0.2, 0.25) is 0 Å². The summed E-state index contributed by atoms with van der Waals surface area (Å²) >= 11 is 0. The molecule has 0 spiro atoms. The number of aryl methyl sites for hydroxylation is 2. The second-order valence-corrected chi connectivity index (χ2v) is 7.36. The number of piperidine rings is 1. The van der Waals surface area contributed by atoms with Gasteiger partial charge in [0.05, 0.1) is 6.42 Å². The lowest BCUT2D eigenvalue weighted by Crippen LogP contribution is -2.42. The van der Waals surface area contributed by atoms with E-state index in [1.807, 2.05) is 54.3 Å². The largest absolute Gasteiger partial charge is 0.342 e. The summed E-state index contributed by atoms with van der Waals surface area (Å²) in [6.07, 6.45) is 2.86. The number of amides is 2. The van der Waals surface area contributed by atoms with E-state index in [2.05, 4.69) is 18.3 Å². The third kappa shape index (κ3) is 5.19. The first-order valence-corrected chi connectivity index (χ1v) is 9.78. The minimum Gasteiger partial charge on any atom is -0.342 e. The molecule has 0 bridgehead atoms. The van der Waals surface area contributed by atoms with Crippen LogP contribution in [0.1, 0.15) is 36.5 Å². The van der Waals surface area contributed by atoms with E-state index in [-0.39, 0.29) is 17.7 Å². The van der Waals surface area contributed by atoms with Crippen molar-refractivity contribution in [3.63, 3.8) is 0 Å². The standard InChI is InChI=1S/C23H28N2O2/c1-3-18-7-9-21(10-8-18)24-23(27)20-11-13-25(14-12-20)22(26)16-19-6-4-5-17(2)15-19/h4-10,15,20H,3,11-14,16H2,1-2H3,(H,24,27). The minimum absolute atomic E-state index is 0.0288. The molecular weight excluding hydrogens is 336 g/mol. The van der Waals surface area contributed by atoms with Crippen LogP contribution in [-0.4, -0.2) is 29.8 Å². The van der Waals surface area contributed by atoms with Crippen LogP contribution in [0.25, 0.3) is 0 Å². The van der Waals surface area contributed by atoms with Gasteiger partial charge in [0.2, 0.25) is 11.8 Å². The molecule has 2 aromatic carbocycles. The summed E-state index contributed by atoms with van der Waals surface area (Å²) in [6, 6.07) is 16.1. The zero-order valence-corrected chi connectivity index (χ0v) is 16.2. The Morgan fingerprint density at radius 2 is 1.74 bits per heavy atom. The van der Waals surface area contributed by atoms with E-state index in [9.17, 15) is 9.59 Å². The SMILES string of the molecule is CCc1ccc(NC(=O)C2CCN(C(=O)Cc3cccc(C)c3)CC2)cc1. The maximum absolute atomic E-state index is 12.5. The molecule has 1 aliphatic heterocycles. The molecule has 4 nitrogen and oxygen atoms in total. The smallest absolute Gasteiger partial charge is 0.227 e. The van der Waals surface area contributed by atoms with Gasteiger partial charge in [-0.05, 0) is 49.4 Å². The molecule has 1 fully saturated rings. The Morgan fingerprint density at radius 1 is 1.04 bits per heavy atom. The highest BCUT2D eigenvalue weighted by molar-refractivity contribution is 5.92. The van der Waals surface area contributed by atoms with Crippen molar-refractivity contribution >= 4 is 17.5 Å². The van der Waals surface area contributed by atoms with Crippen LogP contribution in [-0.2, 0) is 22.4 Å². The van der Waals surface area contributed by atoms with Crippen molar-refractivity contribution in [3.8, 4) is 0 Å². The van der Waals surface area contributed by atoms with Gasteiger partial charge in [-0.2, -0.15) is 0 Å². The summed E-state index contributed by atoms with van der Waals surface area (Å²) < 4.78 is 0. The number of likely N-dealkylation sites (tertiary alicyclic amines) is 1. The molecule has 0 aromatic heterocycles. The topological polar surface area (TPSA) is 49.4 Å². The average molecular weight is 364 g/mol. The van der Waals surface area contributed by atoms with E-state index in [1.54, 1.807) is 0 Å². The number of nitrogens with zero attached hydrogens (tertiary/aromatic N) is 1. The van der Waals surface area contributed by atoms with Crippen LogP contribution in [0.15, 0.2) is 48.5 Å². The van der Waals surface area contributed by atoms with Gasteiger partial charge in [0.25, 0.3) is 0 Å². The molecule has 4 heteroatoms. The van der Waals surface area contributed by atoms with Gasteiger partial charge in [-0.1, -0.05) is 48.9 Å². The maximum Gasteiger partial charge on any atom is 0.227 e. The highest BCUT2D eigenvalue weighted by Crippen LogP contribution is 2.21. The molecule has 1 N–H and O–H groups in total. The van der Waals surface area contributed by atoms with Crippen LogP contribution in [0, 0.1) is 12.8 Å². The van der Waals surface area contributed by atoms with E-state index in [0.29, 0.717) is 19.5 Å². The minimum atomic E-state index is -0.0288. The quantitative estimate of drug-likeness (QED) is 0.872. The summed E-state index contributed by atoms with van der Waals surface area (Å²) in [5, 5.41) is 3.01. The fraction of sp³-hybridized carbons (Fsp3) is 0.391. The summed E-state index contributed by atoms with van der Waals surface area (Å²) in [7, 11) is 0. The predicted octanol–water partition coefficient (Wildman–Crippen LogP) is 3.98.